The molecule has 7 heteroatoms. The number of nitrogen functional groups attached to an aromatic ring is 1. The van der Waals surface area contributed by atoms with Crippen molar-refractivity contribution < 1.29 is 0 Å². The summed E-state index contributed by atoms with van der Waals surface area (Å²) in [6, 6.07) is 6.51. The highest BCUT2D eigenvalue weighted by atomic mass is 79.9. The number of nitrogens with zero attached hydrogens (tertiary/aromatic N) is 4. The van der Waals surface area contributed by atoms with Gasteiger partial charge in [0.1, 0.15) is 23.6 Å². The number of hydrogen-bond donors (Lipinski definition) is 2. The molecule has 0 aliphatic heterocycles. The van der Waals surface area contributed by atoms with Gasteiger partial charge in [0, 0.05) is 29.0 Å². The normalized spacial score (nSPS) is 20.1. The Hall–Kier alpha value is -2.15. The summed E-state index contributed by atoms with van der Waals surface area (Å²) in [7, 11) is 0. The van der Waals surface area contributed by atoms with Gasteiger partial charge >= 0.3 is 0 Å². The van der Waals surface area contributed by atoms with E-state index >= 15 is 0 Å². The number of hydrogen-bond acceptors (Lipinski definition) is 5. The number of pyridine rings is 1. The monoisotopic (exact) mass is 386 g/mol. The summed E-state index contributed by atoms with van der Waals surface area (Å²) in [5.74, 6) is 2.12. The first-order chi connectivity index (χ1) is 11.6. The van der Waals surface area contributed by atoms with Gasteiger partial charge in [0.2, 0.25) is 0 Å². The molecule has 4 rings (SSSR count). The van der Waals surface area contributed by atoms with Crippen LogP contribution in [0, 0.1) is 12.8 Å². The molecule has 0 atom stereocenters. The third kappa shape index (κ3) is 2.73. The number of aromatic nitrogens is 4. The Bertz CT molecular complexity index is 884. The number of halogens is 1. The lowest BCUT2D eigenvalue weighted by atomic mass is 9.80. The molecular weight excluding hydrogens is 368 g/mol. The Kier molecular flexibility index (Phi) is 3.88. The second-order valence-electron chi connectivity index (χ2n) is 6.38. The Morgan fingerprint density at radius 3 is 2.96 bits per heavy atom. The van der Waals surface area contributed by atoms with E-state index in [9.17, 15) is 0 Å². The van der Waals surface area contributed by atoms with Crippen molar-refractivity contribution in [1.29, 1.82) is 0 Å². The molecule has 1 aliphatic carbocycles. The van der Waals surface area contributed by atoms with E-state index in [1.807, 2.05) is 25.1 Å². The van der Waals surface area contributed by atoms with Crippen molar-refractivity contribution in [3.8, 4) is 0 Å². The number of rotatable bonds is 4. The van der Waals surface area contributed by atoms with Crippen LogP contribution in [0.2, 0.25) is 0 Å². The molecule has 0 bridgehead atoms. The Morgan fingerprint density at radius 2 is 2.17 bits per heavy atom. The van der Waals surface area contributed by atoms with E-state index in [2.05, 4.69) is 47.0 Å². The van der Waals surface area contributed by atoms with Gasteiger partial charge in [-0.1, -0.05) is 6.07 Å². The molecule has 0 radical (unpaired) electrons. The number of anilines is 2. The van der Waals surface area contributed by atoms with E-state index in [1.54, 1.807) is 0 Å². The van der Waals surface area contributed by atoms with E-state index < -0.39 is 0 Å². The van der Waals surface area contributed by atoms with Gasteiger partial charge in [0.05, 0.1) is 5.39 Å². The molecule has 124 valence electrons. The second-order valence-corrected chi connectivity index (χ2v) is 7.23. The summed E-state index contributed by atoms with van der Waals surface area (Å²) in [6.07, 6.45) is 5.85. The minimum absolute atomic E-state index is 0.463. The van der Waals surface area contributed by atoms with E-state index in [1.165, 1.54) is 6.33 Å². The minimum atomic E-state index is 0.463. The Balaban J connectivity index is 1.42. The van der Waals surface area contributed by atoms with Gasteiger partial charge in [0.15, 0.2) is 0 Å². The molecular formula is C17H19BrN6. The fourth-order valence-corrected chi connectivity index (χ4v) is 3.93. The van der Waals surface area contributed by atoms with Gasteiger partial charge in [-0.05, 0) is 53.7 Å². The number of aryl methyl sites for hydroxylation is 1. The largest absolute Gasteiger partial charge is 0.383 e. The van der Waals surface area contributed by atoms with Crippen LogP contribution in [-0.2, 0) is 0 Å². The van der Waals surface area contributed by atoms with Crippen molar-refractivity contribution in [3.63, 3.8) is 0 Å². The molecule has 1 aliphatic rings. The standard InChI is InChI=1S/C17H19BrN6/c1-10-3-2-4-14(23-10)20-7-11-5-12(6-11)24-8-13(18)15-16(19)21-9-22-17(15)24/h2-4,8-9,11-12H,5-7H2,1H3,(H,20,23)(H2,19,21,22)/t11-,12+. The van der Waals surface area contributed by atoms with Crippen LogP contribution in [-0.4, -0.2) is 26.1 Å². The zero-order valence-electron chi connectivity index (χ0n) is 13.4. The number of nitrogens with two attached hydrogens (primary N) is 1. The quantitative estimate of drug-likeness (QED) is 0.716. The third-order valence-electron chi connectivity index (χ3n) is 4.66. The molecule has 0 unspecified atom stereocenters. The molecule has 0 saturated heterocycles. The molecule has 6 nitrogen and oxygen atoms in total. The molecule has 1 fully saturated rings. The first-order valence-corrected chi connectivity index (χ1v) is 8.85. The maximum Gasteiger partial charge on any atom is 0.146 e. The summed E-state index contributed by atoms with van der Waals surface area (Å²) >= 11 is 3.57. The van der Waals surface area contributed by atoms with Crippen LogP contribution in [0.3, 0.4) is 0 Å². The van der Waals surface area contributed by atoms with E-state index in [0.29, 0.717) is 17.8 Å². The summed E-state index contributed by atoms with van der Waals surface area (Å²) in [5, 5.41) is 4.34. The lowest BCUT2D eigenvalue weighted by Crippen LogP contribution is -2.31. The fraction of sp³-hybridized carbons (Fsp3) is 0.353. The maximum atomic E-state index is 5.97. The highest BCUT2D eigenvalue weighted by Gasteiger charge is 2.32. The number of fused-ring (bicyclic) bond motifs is 1. The van der Waals surface area contributed by atoms with Gasteiger partial charge in [-0.3, -0.25) is 0 Å². The molecule has 24 heavy (non-hydrogen) atoms. The zero-order chi connectivity index (χ0) is 16.7. The average molecular weight is 387 g/mol. The predicted molar refractivity (Wildman–Crippen MR) is 98.9 cm³/mol. The van der Waals surface area contributed by atoms with Gasteiger partial charge in [0.25, 0.3) is 0 Å². The van der Waals surface area contributed by atoms with Crippen molar-refractivity contribution in [2.45, 2.75) is 25.8 Å². The predicted octanol–water partition coefficient (Wildman–Crippen LogP) is 3.54. The van der Waals surface area contributed by atoms with Crippen molar-refractivity contribution in [2.24, 2.45) is 5.92 Å². The lowest BCUT2D eigenvalue weighted by molar-refractivity contribution is 0.213. The molecule has 3 N–H and O–H groups in total. The molecule has 3 heterocycles. The van der Waals surface area contributed by atoms with Crippen molar-refractivity contribution in [3.05, 3.63) is 40.9 Å². The number of nitrogens with one attached hydrogen (secondary N) is 1. The topological polar surface area (TPSA) is 81.7 Å². The van der Waals surface area contributed by atoms with Gasteiger partial charge in [-0.15, -0.1) is 0 Å². The molecule has 0 spiro atoms. The van der Waals surface area contributed by atoms with E-state index in [0.717, 1.165) is 46.4 Å². The van der Waals surface area contributed by atoms with Crippen LogP contribution < -0.4 is 11.1 Å². The summed E-state index contributed by atoms with van der Waals surface area (Å²) < 4.78 is 3.18. The van der Waals surface area contributed by atoms with Crippen LogP contribution in [0.25, 0.3) is 11.0 Å². The van der Waals surface area contributed by atoms with Crippen LogP contribution in [0.5, 0.6) is 0 Å². The molecule has 3 aromatic rings. The van der Waals surface area contributed by atoms with Crippen molar-refractivity contribution >= 4 is 38.6 Å². The highest BCUT2D eigenvalue weighted by molar-refractivity contribution is 9.10. The lowest BCUT2D eigenvalue weighted by Gasteiger charge is -2.36. The smallest absolute Gasteiger partial charge is 0.146 e. The van der Waals surface area contributed by atoms with Crippen LogP contribution in [0.15, 0.2) is 35.2 Å². The molecule has 3 aromatic heterocycles. The van der Waals surface area contributed by atoms with E-state index in [-0.39, 0.29) is 0 Å². The van der Waals surface area contributed by atoms with Crippen LogP contribution >= 0.6 is 15.9 Å². The fourth-order valence-electron chi connectivity index (χ4n) is 3.33. The second kappa shape index (κ2) is 6.05. The first kappa shape index (κ1) is 15.4. The Morgan fingerprint density at radius 1 is 1.33 bits per heavy atom. The minimum Gasteiger partial charge on any atom is -0.383 e. The summed E-state index contributed by atoms with van der Waals surface area (Å²) in [6.45, 7) is 2.96. The molecule has 1 saturated carbocycles. The first-order valence-electron chi connectivity index (χ1n) is 8.06. The Labute approximate surface area is 148 Å². The summed E-state index contributed by atoms with van der Waals surface area (Å²) in [5.41, 5.74) is 7.91. The van der Waals surface area contributed by atoms with Gasteiger partial charge in [-0.25, -0.2) is 15.0 Å². The molecule has 0 amide bonds. The van der Waals surface area contributed by atoms with E-state index in [4.69, 9.17) is 5.73 Å². The summed E-state index contributed by atoms with van der Waals surface area (Å²) in [4.78, 5) is 13.0. The van der Waals surface area contributed by atoms with Crippen LogP contribution in [0.4, 0.5) is 11.6 Å². The van der Waals surface area contributed by atoms with Crippen molar-refractivity contribution in [2.75, 3.05) is 17.6 Å². The maximum absolute atomic E-state index is 5.97. The van der Waals surface area contributed by atoms with Gasteiger partial charge in [-0.2, -0.15) is 0 Å². The highest BCUT2D eigenvalue weighted by Crippen LogP contribution is 2.41. The van der Waals surface area contributed by atoms with Gasteiger partial charge < -0.3 is 15.6 Å². The van der Waals surface area contributed by atoms with Crippen LogP contribution in [0.1, 0.15) is 24.6 Å². The molecule has 0 aromatic carbocycles. The zero-order valence-corrected chi connectivity index (χ0v) is 15.0. The third-order valence-corrected chi connectivity index (χ3v) is 5.26. The average Bonchev–Trinajstić information content (AvgIpc) is 2.84. The van der Waals surface area contributed by atoms with Crippen molar-refractivity contribution in [1.82, 2.24) is 19.5 Å². The SMILES string of the molecule is Cc1cccc(NC[C@H]2C[C@@H](n3cc(Br)c4c(N)ncnc43)C2)n1.